The van der Waals surface area contributed by atoms with Gasteiger partial charge in [0.1, 0.15) is 11.8 Å². The Balaban J connectivity index is 1.88. The van der Waals surface area contributed by atoms with Crippen LogP contribution in [0.15, 0.2) is 48.5 Å². The normalized spacial score (nSPS) is 14.3. The number of ether oxygens (including phenoxy) is 1. The fraction of sp³-hybridized carbons (Fsp3) is 0.250. The van der Waals surface area contributed by atoms with E-state index in [-0.39, 0.29) is 0 Å². The molecule has 26 heavy (non-hydrogen) atoms. The highest BCUT2D eigenvalue weighted by Crippen LogP contribution is 2.27. The Kier molecular flexibility index (Phi) is 5.42. The highest BCUT2D eigenvalue weighted by atomic mass is 32.2. The van der Waals surface area contributed by atoms with Gasteiger partial charge in [0.25, 0.3) is 11.8 Å². The fourth-order valence-electron chi connectivity index (χ4n) is 2.94. The monoisotopic (exact) mass is 369 g/mol. The maximum Gasteiger partial charge on any atom is 0.334 e. The number of carbonyl (C=O) groups is 3. The van der Waals surface area contributed by atoms with Crippen molar-refractivity contribution in [2.45, 2.75) is 19.4 Å². The van der Waals surface area contributed by atoms with Crippen molar-refractivity contribution in [2.75, 3.05) is 12.0 Å². The van der Waals surface area contributed by atoms with Crippen LogP contribution >= 0.6 is 11.8 Å². The summed E-state index contributed by atoms with van der Waals surface area (Å²) in [6.07, 6.45) is 2.25. The molecule has 0 saturated heterocycles. The van der Waals surface area contributed by atoms with E-state index in [1.165, 1.54) is 0 Å². The summed E-state index contributed by atoms with van der Waals surface area (Å²) in [6, 6.07) is 12.8. The minimum atomic E-state index is -0.949. The van der Waals surface area contributed by atoms with E-state index in [1.54, 1.807) is 54.2 Å². The number of benzene rings is 2. The predicted octanol–water partition coefficient (Wildman–Crippen LogP) is 3.32. The van der Waals surface area contributed by atoms with Gasteiger partial charge >= 0.3 is 5.97 Å². The molecule has 0 saturated carbocycles. The van der Waals surface area contributed by atoms with Crippen LogP contribution in [-0.4, -0.2) is 40.7 Å². The van der Waals surface area contributed by atoms with E-state index in [1.807, 2.05) is 19.2 Å². The molecule has 5 nitrogen and oxygen atoms in total. The van der Waals surface area contributed by atoms with Crippen molar-refractivity contribution in [1.82, 2.24) is 4.90 Å². The van der Waals surface area contributed by atoms with E-state index in [0.29, 0.717) is 29.1 Å². The maximum absolute atomic E-state index is 12.8. The molecule has 2 aromatic rings. The Hall–Kier alpha value is -2.60. The molecule has 1 aliphatic rings. The third-order valence-electron chi connectivity index (χ3n) is 4.21. The lowest BCUT2D eigenvalue weighted by Crippen LogP contribution is -2.47. The number of hydrogen-bond acceptors (Lipinski definition) is 5. The van der Waals surface area contributed by atoms with E-state index >= 15 is 0 Å². The third kappa shape index (κ3) is 3.51. The molecular weight excluding hydrogens is 350 g/mol. The van der Waals surface area contributed by atoms with Crippen LogP contribution in [0.25, 0.3) is 0 Å². The van der Waals surface area contributed by atoms with Gasteiger partial charge < -0.3 is 4.74 Å². The van der Waals surface area contributed by atoms with Crippen LogP contribution in [0.3, 0.4) is 0 Å². The zero-order valence-corrected chi connectivity index (χ0v) is 15.4. The van der Waals surface area contributed by atoms with Crippen LogP contribution in [0.1, 0.15) is 32.7 Å². The molecule has 0 spiro atoms. The van der Waals surface area contributed by atoms with Crippen molar-refractivity contribution in [3.8, 4) is 5.75 Å². The molecule has 0 bridgehead atoms. The molecule has 2 aromatic carbocycles. The van der Waals surface area contributed by atoms with Crippen LogP contribution in [0.2, 0.25) is 0 Å². The first-order chi connectivity index (χ1) is 12.5. The summed E-state index contributed by atoms with van der Waals surface area (Å²) in [7, 11) is 0. The summed E-state index contributed by atoms with van der Waals surface area (Å²) in [5.74, 6) is -0.461. The van der Waals surface area contributed by atoms with Crippen LogP contribution < -0.4 is 4.74 Å². The van der Waals surface area contributed by atoms with Gasteiger partial charge in [0.15, 0.2) is 0 Å². The largest absolute Gasteiger partial charge is 0.425 e. The molecule has 1 aliphatic heterocycles. The first-order valence-corrected chi connectivity index (χ1v) is 9.66. The molecule has 0 aliphatic carbocycles. The molecular formula is C20H19NO4S. The van der Waals surface area contributed by atoms with Crippen molar-refractivity contribution < 1.29 is 19.1 Å². The van der Waals surface area contributed by atoms with Crippen molar-refractivity contribution in [1.29, 1.82) is 0 Å². The second kappa shape index (κ2) is 7.74. The molecule has 0 fully saturated rings. The lowest BCUT2D eigenvalue weighted by molar-refractivity contribution is -0.138. The van der Waals surface area contributed by atoms with Gasteiger partial charge in [0, 0.05) is 0 Å². The Morgan fingerprint density at radius 1 is 1.08 bits per heavy atom. The maximum atomic E-state index is 12.8. The summed E-state index contributed by atoms with van der Waals surface area (Å²) >= 11 is 1.54. The van der Waals surface area contributed by atoms with E-state index in [9.17, 15) is 14.4 Å². The summed E-state index contributed by atoms with van der Waals surface area (Å²) in [5, 5.41) is 0. The molecule has 1 heterocycles. The number of aryl methyl sites for hydroxylation is 1. The van der Waals surface area contributed by atoms with Crippen LogP contribution in [-0.2, 0) is 4.79 Å². The van der Waals surface area contributed by atoms with Crippen LogP contribution in [0.4, 0.5) is 0 Å². The van der Waals surface area contributed by atoms with Gasteiger partial charge in [0.05, 0.1) is 11.1 Å². The second-order valence-corrected chi connectivity index (χ2v) is 7.05. The molecule has 1 atom stereocenters. The predicted molar refractivity (Wildman–Crippen MR) is 101 cm³/mol. The fourth-order valence-corrected chi connectivity index (χ4v) is 3.39. The average molecular weight is 369 g/mol. The molecule has 1 unspecified atom stereocenters. The van der Waals surface area contributed by atoms with Crippen molar-refractivity contribution in [3.63, 3.8) is 0 Å². The molecule has 0 radical (unpaired) electrons. The lowest BCUT2D eigenvalue weighted by atomic mass is 10.1. The van der Waals surface area contributed by atoms with E-state index < -0.39 is 23.8 Å². The van der Waals surface area contributed by atoms with Gasteiger partial charge in [-0.25, -0.2) is 4.79 Å². The highest BCUT2D eigenvalue weighted by molar-refractivity contribution is 7.98. The zero-order valence-electron chi connectivity index (χ0n) is 14.6. The number of carbonyl (C=O) groups excluding carboxylic acids is 3. The number of imide groups is 1. The first kappa shape index (κ1) is 18.2. The van der Waals surface area contributed by atoms with Crippen molar-refractivity contribution in [3.05, 3.63) is 65.2 Å². The molecule has 2 amide bonds. The molecule has 0 aromatic heterocycles. The number of hydrogen-bond donors (Lipinski definition) is 0. The Labute approximate surface area is 156 Å². The number of nitrogens with zero attached hydrogens (tertiary/aromatic N) is 1. The summed E-state index contributed by atoms with van der Waals surface area (Å²) in [5.41, 5.74) is 1.61. The number of rotatable bonds is 6. The lowest BCUT2D eigenvalue weighted by Gasteiger charge is -2.24. The molecule has 3 rings (SSSR count). The molecule has 6 heteroatoms. The van der Waals surface area contributed by atoms with Crippen molar-refractivity contribution >= 4 is 29.5 Å². The standard InChI is InChI=1S/C20H19NO4S/c1-13-6-5-7-14(12-13)25-20(24)17(10-11-26-2)21-18(22)15-8-3-4-9-16(15)19(21)23/h3-9,12,17H,10-11H2,1-2H3. The Bertz CT molecular complexity index is 829. The number of thioether (sulfide) groups is 1. The molecule has 0 N–H and O–H groups in total. The third-order valence-corrected chi connectivity index (χ3v) is 4.86. The van der Waals surface area contributed by atoms with Gasteiger partial charge in [0.2, 0.25) is 0 Å². The van der Waals surface area contributed by atoms with E-state index in [4.69, 9.17) is 4.74 Å². The second-order valence-electron chi connectivity index (χ2n) is 6.06. The average Bonchev–Trinajstić information content (AvgIpc) is 2.87. The SMILES string of the molecule is CSCCC(C(=O)Oc1cccc(C)c1)N1C(=O)c2ccccc2C1=O. The van der Waals surface area contributed by atoms with Gasteiger partial charge in [-0.15, -0.1) is 0 Å². The van der Waals surface area contributed by atoms with Gasteiger partial charge in [-0.05, 0) is 55.2 Å². The van der Waals surface area contributed by atoms with Crippen molar-refractivity contribution in [2.24, 2.45) is 0 Å². The summed E-state index contributed by atoms with van der Waals surface area (Å²) in [6.45, 7) is 1.90. The van der Waals surface area contributed by atoms with E-state index in [2.05, 4.69) is 0 Å². The molecule has 134 valence electrons. The number of amides is 2. The van der Waals surface area contributed by atoms with Gasteiger partial charge in [-0.2, -0.15) is 11.8 Å². The minimum absolute atomic E-state index is 0.329. The van der Waals surface area contributed by atoms with Crippen LogP contribution in [0.5, 0.6) is 5.75 Å². The number of fused-ring (bicyclic) bond motifs is 1. The minimum Gasteiger partial charge on any atom is -0.425 e. The topological polar surface area (TPSA) is 63.7 Å². The van der Waals surface area contributed by atoms with E-state index in [0.717, 1.165) is 10.5 Å². The quantitative estimate of drug-likeness (QED) is 0.444. The zero-order chi connectivity index (χ0) is 18.7. The van der Waals surface area contributed by atoms with Gasteiger partial charge in [-0.3, -0.25) is 14.5 Å². The summed E-state index contributed by atoms with van der Waals surface area (Å²) in [4.78, 5) is 39.2. The first-order valence-electron chi connectivity index (χ1n) is 8.27. The smallest absolute Gasteiger partial charge is 0.334 e. The highest BCUT2D eigenvalue weighted by Gasteiger charge is 2.43. The Morgan fingerprint density at radius 3 is 2.31 bits per heavy atom. The number of esters is 1. The van der Waals surface area contributed by atoms with Crippen LogP contribution in [0, 0.1) is 6.92 Å². The van der Waals surface area contributed by atoms with Gasteiger partial charge in [-0.1, -0.05) is 24.3 Å². The Morgan fingerprint density at radius 2 is 1.73 bits per heavy atom. The summed E-state index contributed by atoms with van der Waals surface area (Å²) < 4.78 is 5.47.